The largest absolute Gasteiger partial charge is 0.346 e. The van der Waals surface area contributed by atoms with Gasteiger partial charge in [0.2, 0.25) is 11.8 Å². The Hall–Kier alpha value is -2.35. The van der Waals surface area contributed by atoms with Crippen LogP contribution in [0, 0.1) is 11.3 Å². The average Bonchev–Trinajstić information content (AvgIpc) is 2.52. The minimum absolute atomic E-state index is 0.0242. The molecule has 5 nitrogen and oxygen atoms in total. The standard InChI is InChI=1S/C17H23N3O2/c1-4-5-10-19(3)17(22)9-11-20(14(2)21)16-8-6-7-15(12-16)13-18/h6-8,12H,4-5,9-11H2,1-3H3. The van der Waals surface area contributed by atoms with Gasteiger partial charge in [-0.1, -0.05) is 19.4 Å². The van der Waals surface area contributed by atoms with Crippen molar-refractivity contribution in [2.45, 2.75) is 33.1 Å². The number of rotatable bonds is 7. The van der Waals surface area contributed by atoms with Gasteiger partial charge in [0, 0.05) is 39.2 Å². The van der Waals surface area contributed by atoms with Gasteiger partial charge in [-0.25, -0.2) is 0 Å². The van der Waals surface area contributed by atoms with Crippen molar-refractivity contribution in [2.24, 2.45) is 0 Å². The molecule has 0 atom stereocenters. The normalized spacial score (nSPS) is 9.91. The fraction of sp³-hybridized carbons (Fsp3) is 0.471. The van der Waals surface area contributed by atoms with Crippen LogP contribution in [0.2, 0.25) is 0 Å². The lowest BCUT2D eigenvalue weighted by atomic mass is 10.2. The minimum Gasteiger partial charge on any atom is -0.346 e. The van der Waals surface area contributed by atoms with Gasteiger partial charge in [0.1, 0.15) is 0 Å². The van der Waals surface area contributed by atoms with Crippen LogP contribution in [0.25, 0.3) is 0 Å². The highest BCUT2D eigenvalue weighted by Gasteiger charge is 2.15. The molecule has 2 amide bonds. The highest BCUT2D eigenvalue weighted by atomic mass is 16.2. The van der Waals surface area contributed by atoms with E-state index in [1.54, 1.807) is 36.2 Å². The lowest BCUT2D eigenvalue weighted by Gasteiger charge is -2.23. The highest BCUT2D eigenvalue weighted by Crippen LogP contribution is 2.17. The van der Waals surface area contributed by atoms with E-state index < -0.39 is 0 Å². The maximum atomic E-state index is 12.1. The number of carbonyl (C=O) groups excluding carboxylic acids is 2. The molecule has 0 fully saturated rings. The van der Waals surface area contributed by atoms with E-state index in [4.69, 9.17) is 5.26 Å². The van der Waals surface area contributed by atoms with Crippen LogP contribution in [0.3, 0.4) is 0 Å². The summed E-state index contributed by atoms with van der Waals surface area (Å²) in [6.45, 7) is 4.60. The molecule has 5 heteroatoms. The first kappa shape index (κ1) is 17.7. The quantitative estimate of drug-likeness (QED) is 0.777. The molecule has 1 aromatic rings. The van der Waals surface area contributed by atoms with Crippen LogP contribution in [0.1, 0.15) is 38.7 Å². The van der Waals surface area contributed by atoms with Crippen molar-refractivity contribution >= 4 is 17.5 Å². The van der Waals surface area contributed by atoms with Crippen molar-refractivity contribution < 1.29 is 9.59 Å². The molecule has 0 radical (unpaired) electrons. The summed E-state index contributed by atoms with van der Waals surface area (Å²) in [5.41, 5.74) is 1.14. The highest BCUT2D eigenvalue weighted by molar-refractivity contribution is 5.92. The van der Waals surface area contributed by atoms with Crippen molar-refractivity contribution in [2.75, 3.05) is 25.0 Å². The summed E-state index contributed by atoms with van der Waals surface area (Å²) in [7, 11) is 1.78. The van der Waals surface area contributed by atoms with Crippen LogP contribution in [0.15, 0.2) is 24.3 Å². The molecule has 1 aromatic carbocycles. The van der Waals surface area contributed by atoms with Crippen LogP contribution in [0.5, 0.6) is 0 Å². The van der Waals surface area contributed by atoms with Gasteiger partial charge in [0.25, 0.3) is 0 Å². The number of hydrogen-bond donors (Lipinski definition) is 0. The lowest BCUT2D eigenvalue weighted by molar-refractivity contribution is -0.129. The molecule has 0 aliphatic rings. The number of hydrogen-bond acceptors (Lipinski definition) is 3. The summed E-state index contributed by atoms with van der Waals surface area (Å²) in [6.07, 6.45) is 2.29. The summed E-state index contributed by atoms with van der Waals surface area (Å²) >= 11 is 0. The van der Waals surface area contributed by atoms with Gasteiger partial charge in [-0.2, -0.15) is 5.26 Å². The number of nitrogens with zero attached hydrogens (tertiary/aromatic N) is 3. The predicted molar refractivity (Wildman–Crippen MR) is 86.3 cm³/mol. The molecular weight excluding hydrogens is 278 g/mol. The van der Waals surface area contributed by atoms with Gasteiger partial charge in [-0.05, 0) is 24.6 Å². The second-order valence-corrected chi connectivity index (χ2v) is 5.25. The summed E-state index contributed by atoms with van der Waals surface area (Å²) in [6, 6.07) is 8.91. The Morgan fingerprint density at radius 2 is 2.00 bits per heavy atom. The molecule has 0 heterocycles. The van der Waals surface area contributed by atoms with Crippen molar-refractivity contribution in [3.05, 3.63) is 29.8 Å². The van der Waals surface area contributed by atoms with E-state index in [1.165, 1.54) is 11.8 Å². The summed E-state index contributed by atoms with van der Waals surface area (Å²) < 4.78 is 0. The Morgan fingerprint density at radius 3 is 2.59 bits per heavy atom. The van der Waals surface area contributed by atoms with Crippen LogP contribution < -0.4 is 4.90 Å². The van der Waals surface area contributed by atoms with Crippen molar-refractivity contribution in [3.63, 3.8) is 0 Å². The third-order valence-corrected chi connectivity index (χ3v) is 3.49. The van der Waals surface area contributed by atoms with Crippen LogP contribution in [-0.2, 0) is 9.59 Å². The third kappa shape index (κ3) is 5.21. The number of carbonyl (C=O) groups is 2. The summed E-state index contributed by atoms with van der Waals surface area (Å²) in [5.74, 6) is -0.116. The fourth-order valence-corrected chi connectivity index (χ4v) is 2.13. The first-order valence-corrected chi connectivity index (χ1v) is 7.51. The molecule has 0 aromatic heterocycles. The van der Waals surface area contributed by atoms with Crippen molar-refractivity contribution in [1.82, 2.24) is 4.90 Å². The van der Waals surface area contributed by atoms with Crippen LogP contribution in [0.4, 0.5) is 5.69 Å². The predicted octanol–water partition coefficient (Wildman–Crippen LogP) is 2.56. The maximum absolute atomic E-state index is 12.1. The fourth-order valence-electron chi connectivity index (χ4n) is 2.13. The van der Waals surface area contributed by atoms with Crippen molar-refractivity contribution in [1.29, 1.82) is 5.26 Å². The van der Waals surface area contributed by atoms with Gasteiger partial charge in [-0.15, -0.1) is 0 Å². The van der Waals surface area contributed by atoms with Crippen LogP contribution >= 0.6 is 0 Å². The smallest absolute Gasteiger partial charge is 0.224 e. The summed E-state index contributed by atoms with van der Waals surface area (Å²) in [5, 5.41) is 8.94. The Morgan fingerprint density at radius 1 is 1.27 bits per heavy atom. The Kier molecular flexibility index (Phi) is 7.11. The molecule has 0 aliphatic heterocycles. The zero-order chi connectivity index (χ0) is 16.5. The van der Waals surface area contributed by atoms with Gasteiger partial charge in [-0.3, -0.25) is 9.59 Å². The number of unbranched alkanes of at least 4 members (excludes halogenated alkanes) is 1. The van der Waals surface area contributed by atoms with Crippen molar-refractivity contribution in [3.8, 4) is 6.07 Å². The number of benzene rings is 1. The van der Waals surface area contributed by atoms with E-state index in [0.29, 0.717) is 17.8 Å². The van der Waals surface area contributed by atoms with Crippen LogP contribution in [-0.4, -0.2) is 36.9 Å². The first-order chi connectivity index (χ1) is 10.5. The van der Waals surface area contributed by atoms with E-state index in [9.17, 15) is 9.59 Å². The minimum atomic E-state index is -0.140. The molecule has 0 saturated carbocycles. The number of nitriles is 1. The Balaban J connectivity index is 2.71. The molecule has 0 aliphatic carbocycles. The van der Waals surface area contributed by atoms with E-state index >= 15 is 0 Å². The third-order valence-electron chi connectivity index (χ3n) is 3.49. The topological polar surface area (TPSA) is 64.4 Å². The monoisotopic (exact) mass is 301 g/mol. The van der Waals surface area contributed by atoms with E-state index in [-0.39, 0.29) is 18.2 Å². The SMILES string of the molecule is CCCCN(C)C(=O)CCN(C(C)=O)c1cccc(C#N)c1. The molecule has 0 spiro atoms. The first-order valence-electron chi connectivity index (χ1n) is 7.51. The molecule has 0 unspecified atom stereocenters. The molecule has 0 bridgehead atoms. The molecule has 0 saturated heterocycles. The molecule has 22 heavy (non-hydrogen) atoms. The number of amides is 2. The van der Waals surface area contributed by atoms with Gasteiger partial charge >= 0.3 is 0 Å². The molecule has 0 N–H and O–H groups in total. The zero-order valence-corrected chi connectivity index (χ0v) is 13.5. The van der Waals surface area contributed by atoms with Gasteiger partial charge in [0.15, 0.2) is 0 Å². The Labute approximate surface area is 132 Å². The van der Waals surface area contributed by atoms with Gasteiger partial charge in [0.05, 0.1) is 11.6 Å². The molecule has 118 valence electrons. The Bertz CT molecular complexity index is 563. The molecule has 1 rings (SSSR count). The van der Waals surface area contributed by atoms with E-state index in [2.05, 4.69) is 13.0 Å². The average molecular weight is 301 g/mol. The maximum Gasteiger partial charge on any atom is 0.224 e. The lowest BCUT2D eigenvalue weighted by Crippen LogP contribution is -2.35. The second kappa shape index (κ2) is 8.83. The summed E-state index contributed by atoms with van der Waals surface area (Å²) in [4.78, 5) is 27.1. The van der Waals surface area contributed by atoms with E-state index in [0.717, 1.165) is 19.4 Å². The molecular formula is C17H23N3O2. The van der Waals surface area contributed by atoms with E-state index in [1.807, 2.05) is 0 Å². The zero-order valence-electron chi connectivity index (χ0n) is 13.5. The van der Waals surface area contributed by atoms with Gasteiger partial charge < -0.3 is 9.80 Å². The number of anilines is 1. The second-order valence-electron chi connectivity index (χ2n) is 5.25.